The predicted molar refractivity (Wildman–Crippen MR) is 97.5 cm³/mol. The fraction of sp³-hybridized carbons (Fsp3) is 0.294. The second kappa shape index (κ2) is 6.58. The summed E-state index contributed by atoms with van der Waals surface area (Å²) in [7, 11) is -1.80. The molecule has 0 amide bonds. The number of rotatable bonds is 6. The van der Waals surface area contributed by atoms with E-state index in [0.717, 1.165) is 32.8 Å². The molecule has 0 bridgehead atoms. The molecule has 0 spiro atoms. The molecule has 128 valence electrons. The molecule has 2 aromatic heterocycles. The number of aromatic nitrogens is 1. The Kier molecular flexibility index (Phi) is 4.67. The fourth-order valence-corrected chi connectivity index (χ4v) is 5.11. The van der Waals surface area contributed by atoms with Crippen LogP contribution in [0.1, 0.15) is 16.1 Å². The van der Waals surface area contributed by atoms with E-state index in [0.29, 0.717) is 17.2 Å². The molecule has 0 saturated carbocycles. The first kappa shape index (κ1) is 17.0. The number of benzene rings is 1. The first-order valence-corrected chi connectivity index (χ1v) is 9.92. The molecule has 24 heavy (non-hydrogen) atoms. The quantitative estimate of drug-likeness (QED) is 0.704. The smallest absolute Gasteiger partial charge is 0.250 e. The van der Waals surface area contributed by atoms with Crippen molar-refractivity contribution in [1.29, 1.82) is 0 Å². The average molecular weight is 364 g/mol. The number of thiophene rings is 1. The number of sulfonamides is 1. The van der Waals surface area contributed by atoms with Gasteiger partial charge in [-0.1, -0.05) is 0 Å². The van der Waals surface area contributed by atoms with E-state index in [2.05, 4.69) is 9.71 Å². The highest BCUT2D eigenvalue weighted by Crippen LogP contribution is 2.27. The van der Waals surface area contributed by atoms with Crippen molar-refractivity contribution in [2.24, 2.45) is 0 Å². The minimum atomic E-state index is -3.44. The molecular weight excluding hydrogens is 344 g/mol. The van der Waals surface area contributed by atoms with Gasteiger partial charge in [0.05, 0.1) is 7.11 Å². The maximum atomic E-state index is 12.3. The molecule has 5 nitrogen and oxygen atoms in total. The van der Waals surface area contributed by atoms with Crippen molar-refractivity contribution in [1.82, 2.24) is 9.71 Å². The Morgan fingerprint density at radius 1 is 1.21 bits per heavy atom. The lowest BCUT2D eigenvalue weighted by molar-refractivity contribution is 0.415. The van der Waals surface area contributed by atoms with Crippen molar-refractivity contribution in [3.8, 4) is 5.75 Å². The molecule has 0 radical (unpaired) electrons. The monoisotopic (exact) mass is 364 g/mol. The third-order valence-electron chi connectivity index (χ3n) is 3.97. The Bertz CT molecular complexity index is 971. The number of ether oxygens (including phenoxy) is 1. The van der Waals surface area contributed by atoms with Crippen molar-refractivity contribution in [2.45, 2.75) is 24.5 Å². The number of methoxy groups -OCH3 is 1. The molecule has 1 aromatic carbocycles. The lowest BCUT2D eigenvalue weighted by atomic mass is 10.1. The molecule has 0 fully saturated rings. The molecule has 2 N–H and O–H groups in total. The molecule has 0 aliphatic carbocycles. The summed E-state index contributed by atoms with van der Waals surface area (Å²) >= 11 is 1.28. The van der Waals surface area contributed by atoms with Crippen molar-refractivity contribution in [3.05, 3.63) is 46.5 Å². The third-order valence-corrected chi connectivity index (χ3v) is 6.93. The van der Waals surface area contributed by atoms with E-state index in [1.165, 1.54) is 11.3 Å². The van der Waals surface area contributed by atoms with Gasteiger partial charge in [0.2, 0.25) is 10.0 Å². The number of aromatic amines is 1. The van der Waals surface area contributed by atoms with Crippen LogP contribution in [-0.2, 0) is 16.4 Å². The van der Waals surface area contributed by atoms with Crippen LogP contribution in [0.25, 0.3) is 10.9 Å². The van der Waals surface area contributed by atoms with Crippen LogP contribution in [0.15, 0.2) is 34.5 Å². The molecule has 0 aliphatic heterocycles. The maximum Gasteiger partial charge on any atom is 0.250 e. The van der Waals surface area contributed by atoms with Gasteiger partial charge in [0.25, 0.3) is 0 Å². The molecule has 0 aliphatic rings. The molecule has 3 rings (SSSR count). The highest BCUT2D eigenvalue weighted by Gasteiger charge is 2.16. The first-order valence-electron chi connectivity index (χ1n) is 7.62. The Balaban J connectivity index is 1.77. The van der Waals surface area contributed by atoms with Crippen LogP contribution < -0.4 is 9.46 Å². The Morgan fingerprint density at radius 2 is 2.00 bits per heavy atom. The normalized spacial score (nSPS) is 12.0. The molecule has 0 atom stereocenters. The summed E-state index contributed by atoms with van der Waals surface area (Å²) in [5.41, 5.74) is 3.18. The number of H-pyrrole nitrogens is 1. The van der Waals surface area contributed by atoms with E-state index < -0.39 is 10.0 Å². The number of hydrogen-bond donors (Lipinski definition) is 2. The average Bonchev–Trinajstić information content (AvgIpc) is 3.11. The van der Waals surface area contributed by atoms with Crippen LogP contribution in [0.3, 0.4) is 0 Å². The highest BCUT2D eigenvalue weighted by molar-refractivity contribution is 7.91. The standard InChI is InChI=1S/C17H20N2O3S2/c1-11-4-7-17(23-11)24(20,21)18-9-8-14-12(2)19-16-6-5-13(22-3)10-15(14)16/h4-7,10,18-19H,8-9H2,1-3H3. The molecule has 0 unspecified atom stereocenters. The van der Waals surface area contributed by atoms with Crippen LogP contribution in [0.2, 0.25) is 0 Å². The highest BCUT2D eigenvalue weighted by atomic mass is 32.2. The molecular formula is C17H20N2O3S2. The molecule has 0 saturated heterocycles. The van der Waals surface area contributed by atoms with Crippen molar-refractivity contribution in [2.75, 3.05) is 13.7 Å². The lowest BCUT2D eigenvalue weighted by Crippen LogP contribution is -2.25. The van der Waals surface area contributed by atoms with Gasteiger partial charge in [0.1, 0.15) is 9.96 Å². The number of aryl methyl sites for hydroxylation is 2. The van der Waals surface area contributed by atoms with Crippen molar-refractivity contribution < 1.29 is 13.2 Å². The van der Waals surface area contributed by atoms with Gasteiger partial charge in [-0.25, -0.2) is 13.1 Å². The minimum absolute atomic E-state index is 0.351. The van der Waals surface area contributed by atoms with Crippen LogP contribution in [0.5, 0.6) is 5.75 Å². The second-order valence-corrected chi connectivity index (χ2v) is 8.93. The number of hydrogen-bond acceptors (Lipinski definition) is 4. The van der Waals surface area contributed by atoms with E-state index in [-0.39, 0.29) is 0 Å². The largest absolute Gasteiger partial charge is 0.497 e. The zero-order valence-electron chi connectivity index (χ0n) is 13.8. The predicted octanol–water partition coefficient (Wildman–Crippen LogP) is 3.38. The van der Waals surface area contributed by atoms with Gasteiger partial charge >= 0.3 is 0 Å². The first-order chi connectivity index (χ1) is 11.4. The number of nitrogens with one attached hydrogen (secondary N) is 2. The van der Waals surface area contributed by atoms with E-state index >= 15 is 0 Å². The van der Waals surface area contributed by atoms with Crippen LogP contribution in [-0.4, -0.2) is 27.1 Å². The Labute approximate surface area is 145 Å². The summed E-state index contributed by atoms with van der Waals surface area (Å²) in [6, 6.07) is 9.32. The third kappa shape index (κ3) is 3.33. The van der Waals surface area contributed by atoms with Gasteiger partial charge in [-0.15, -0.1) is 11.3 Å². The summed E-state index contributed by atoms with van der Waals surface area (Å²) in [5.74, 6) is 0.789. The zero-order chi connectivity index (χ0) is 17.3. The second-order valence-electron chi connectivity index (χ2n) is 5.65. The minimum Gasteiger partial charge on any atom is -0.497 e. The molecule has 2 heterocycles. The van der Waals surface area contributed by atoms with E-state index in [1.54, 1.807) is 13.2 Å². The summed E-state index contributed by atoms with van der Waals surface area (Å²) < 4.78 is 32.9. The van der Waals surface area contributed by atoms with Crippen molar-refractivity contribution in [3.63, 3.8) is 0 Å². The van der Waals surface area contributed by atoms with Gasteiger partial charge in [-0.3, -0.25) is 0 Å². The SMILES string of the molecule is COc1ccc2[nH]c(C)c(CCNS(=O)(=O)c3ccc(C)s3)c2c1. The molecule has 7 heteroatoms. The van der Waals surface area contributed by atoms with Gasteiger partial charge in [-0.2, -0.15) is 0 Å². The van der Waals surface area contributed by atoms with Crippen LogP contribution in [0, 0.1) is 13.8 Å². The summed E-state index contributed by atoms with van der Waals surface area (Å²) in [6.07, 6.45) is 0.614. The van der Waals surface area contributed by atoms with Gasteiger partial charge in [0, 0.05) is 28.0 Å². The summed E-state index contributed by atoms with van der Waals surface area (Å²) in [6.45, 7) is 4.25. The fourth-order valence-electron chi connectivity index (χ4n) is 2.75. The topological polar surface area (TPSA) is 71.2 Å². The van der Waals surface area contributed by atoms with Gasteiger partial charge in [0.15, 0.2) is 0 Å². The van der Waals surface area contributed by atoms with Gasteiger partial charge in [-0.05, 0) is 56.2 Å². The lowest BCUT2D eigenvalue weighted by Gasteiger charge is -2.06. The Morgan fingerprint density at radius 3 is 2.67 bits per heavy atom. The maximum absolute atomic E-state index is 12.3. The van der Waals surface area contributed by atoms with E-state index in [4.69, 9.17) is 4.74 Å². The van der Waals surface area contributed by atoms with Gasteiger partial charge < -0.3 is 9.72 Å². The summed E-state index contributed by atoms with van der Waals surface area (Å²) in [4.78, 5) is 4.31. The summed E-state index contributed by atoms with van der Waals surface area (Å²) in [5, 5.41) is 1.07. The zero-order valence-corrected chi connectivity index (χ0v) is 15.5. The van der Waals surface area contributed by atoms with Crippen LogP contribution >= 0.6 is 11.3 Å². The number of fused-ring (bicyclic) bond motifs is 1. The molecule has 3 aromatic rings. The van der Waals surface area contributed by atoms with Crippen LogP contribution in [0.4, 0.5) is 0 Å². The van der Waals surface area contributed by atoms with Crippen molar-refractivity contribution >= 4 is 32.3 Å². The Hall–Kier alpha value is -1.83. The van der Waals surface area contributed by atoms with E-state index in [9.17, 15) is 8.42 Å². The van der Waals surface area contributed by atoms with E-state index in [1.807, 2.05) is 38.1 Å².